The molecule has 0 amide bonds. The number of aliphatic carboxylic acids is 1. The van der Waals surface area contributed by atoms with Crippen LogP contribution in [0.2, 0.25) is 0 Å². The minimum atomic E-state index is -0.820. The van der Waals surface area contributed by atoms with Crippen LogP contribution < -0.4 is 0 Å². The first-order valence-electron chi connectivity index (χ1n) is 6.48. The predicted octanol–water partition coefficient (Wildman–Crippen LogP) is 4.25. The highest BCUT2D eigenvalue weighted by Gasteiger charge is 2.29. The fourth-order valence-electron chi connectivity index (χ4n) is 2.35. The van der Waals surface area contributed by atoms with Crippen molar-refractivity contribution in [1.82, 2.24) is 0 Å². The number of carbonyl (C=O) groups is 1. The summed E-state index contributed by atoms with van der Waals surface area (Å²) in [5.41, 5.74) is 9.17. The number of rotatable bonds is 8. The zero-order valence-electron chi connectivity index (χ0n) is 11.1. The van der Waals surface area contributed by atoms with Crippen LogP contribution >= 0.6 is 0 Å². The number of benzene rings is 1. The van der Waals surface area contributed by atoms with Gasteiger partial charge >= 0.3 is 5.97 Å². The Morgan fingerprint density at radius 3 is 2.58 bits per heavy atom. The first-order chi connectivity index (χ1) is 9.14. The van der Waals surface area contributed by atoms with E-state index >= 15 is 0 Å². The van der Waals surface area contributed by atoms with Crippen molar-refractivity contribution in [3.05, 3.63) is 46.3 Å². The topological polar surface area (TPSA) is 86.1 Å². The molecule has 0 aromatic heterocycles. The van der Waals surface area contributed by atoms with E-state index in [1.165, 1.54) is 0 Å². The fourth-order valence-corrected chi connectivity index (χ4v) is 2.35. The average molecular weight is 261 g/mol. The molecular weight excluding hydrogens is 242 g/mol. The van der Waals surface area contributed by atoms with Gasteiger partial charge in [-0.2, -0.15) is 0 Å². The molecule has 1 aromatic rings. The fraction of sp³-hybridized carbons (Fsp3) is 0.500. The maximum absolute atomic E-state index is 10.6. The van der Waals surface area contributed by atoms with Crippen LogP contribution in [0, 0.1) is 0 Å². The third-order valence-electron chi connectivity index (χ3n) is 3.19. The van der Waals surface area contributed by atoms with Crippen molar-refractivity contribution in [2.45, 2.75) is 44.6 Å². The SMILES string of the molecule is CCCC(CCCC(=O)O)(N=[N+]=[N-])c1ccccc1. The Morgan fingerprint density at radius 1 is 1.37 bits per heavy atom. The van der Waals surface area contributed by atoms with Crippen molar-refractivity contribution in [1.29, 1.82) is 0 Å². The summed E-state index contributed by atoms with van der Waals surface area (Å²) in [6.07, 6.45) is 2.76. The van der Waals surface area contributed by atoms with Crippen LogP contribution in [-0.2, 0) is 10.3 Å². The number of nitrogens with zero attached hydrogens (tertiary/aromatic N) is 3. The molecule has 0 saturated heterocycles. The van der Waals surface area contributed by atoms with Crippen molar-refractivity contribution in [2.24, 2.45) is 5.11 Å². The Bertz CT molecular complexity index is 455. The van der Waals surface area contributed by atoms with Crippen LogP contribution in [0.5, 0.6) is 0 Å². The highest BCUT2D eigenvalue weighted by atomic mass is 16.4. The number of carboxylic acid groups (broad SMARTS) is 1. The largest absolute Gasteiger partial charge is 0.481 e. The summed E-state index contributed by atoms with van der Waals surface area (Å²) in [4.78, 5) is 13.6. The third kappa shape index (κ3) is 4.30. The van der Waals surface area contributed by atoms with Crippen molar-refractivity contribution < 1.29 is 9.90 Å². The molecule has 0 aliphatic rings. The van der Waals surface area contributed by atoms with Crippen molar-refractivity contribution >= 4 is 5.97 Å². The summed E-state index contributed by atoms with van der Waals surface area (Å²) < 4.78 is 0. The molecule has 1 unspecified atom stereocenters. The molecule has 0 bridgehead atoms. The van der Waals surface area contributed by atoms with Gasteiger partial charge in [-0.3, -0.25) is 4.79 Å². The lowest BCUT2D eigenvalue weighted by molar-refractivity contribution is -0.137. The lowest BCUT2D eigenvalue weighted by atomic mass is 9.82. The molecule has 0 spiro atoms. The Morgan fingerprint density at radius 2 is 2.05 bits per heavy atom. The van der Waals surface area contributed by atoms with Gasteiger partial charge in [0.25, 0.3) is 0 Å². The van der Waals surface area contributed by atoms with Gasteiger partial charge in [0.05, 0.1) is 5.54 Å². The molecular formula is C14H19N3O2. The Kier molecular flexibility index (Phi) is 5.90. The number of hydrogen-bond acceptors (Lipinski definition) is 2. The lowest BCUT2D eigenvalue weighted by Gasteiger charge is -2.29. The minimum absolute atomic E-state index is 0.0965. The quantitative estimate of drug-likeness (QED) is 0.431. The van der Waals surface area contributed by atoms with Gasteiger partial charge in [-0.1, -0.05) is 48.8 Å². The second kappa shape index (κ2) is 7.44. The van der Waals surface area contributed by atoms with Gasteiger partial charge < -0.3 is 5.11 Å². The molecule has 19 heavy (non-hydrogen) atoms. The molecule has 1 N–H and O–H groups in total. The van der Waals surface area contributed by atoms with Gasteiger partial charge in [-0.15, -0.1) is 0 Å². The molecule has 102 valence electrons. The number of azide groups is 1. The molecule has 0 aliphatic heterocycles. The summed E-state index contributed by atoms with van der Waals surface area (Å²) in [5, 5.41) is 12.7. The monoisotopic (exact) mass is 261 g/mol. The van der Waals surface area contributed by atoms with E-state index in [-0.39, 0.29) is 6.42 Å². The van der Waals surface area contributed by atoms with E-state index < -0.39 is 11.5 Å². The van der Waals surface area contributed by atoms with Gasteiger partial charge in [0.1, 0.15) is 0 Å². The molecule has 0 heterocycles. The summed E-state index contributed by atoms with van der Waals surface area (Å²) in [6.45, 7) is 2.03. The van der Waals surface area contributed by atoms with Crippen LogP contribution in [0.25, 0.3) is 10.4 Å². The van der Waals surface area contributed by atoms with Crippen molar-refractivity contribution in [3.63, 3.8) is 0 Å². The van der Waals surface area contributed by atoms with Crippen molar-refractivity contribution in [3.8, 4) is 0 Å². The van der Waals surface area contributed by atoms with Gasteiger partial charge in [0, 0.05) is 11.3 Å². The maximum Gasteiger partial charge on any atom is 0.303 e. The van der Waals surface area contributed by atoms with E-state index in [1.807, 2.05) is 37.3 Å². The molecule has 5 nitrogen and oxygen atoms in total. The Balaban J connectivity index is 3.00. The molecule has 5 heteroatoms. The normalized spacial score (nSPS) is 13.3. The second-order valence-corrected chi connectivity index (χ2v) is 4.58. The van der Waals surface area contributed by atoms with Crippen LogP contribution in [0.1, 0.15) is 44.6 Å². The highest BCUT2D eigenvalue weighted by Crippen LogP contribution is 2.36. The molecule has 0 aliphatic carbocycles. The van der Waals surface area contributed by atoms with E-state index in [4.69, 9.17) is 10.6 Å². The third-order valence-corrected chi connectivity index (χ3v) is 3.19. The predicted molar refractivity (Wildman–Crippen MR) is 73.7 cm³/mol. The molecule has 1 atom stereocenters. The van der Waals surface area contributed by atoms with Gasteiger partial charge in [-0.05, 0) is 30.4 Å². The van der Waals surface area contributed by atoms with E-state index in [1.54, 1.807) is 0 Å². The summed E-state index contributed by atoms with van der Waals surface area (Å²) in [7, 11) is 0. The maximum atomic E-state index is 10.6. The number of hydrogen-bond donors (Lipinski definition) is 1. The number of carboxylic acids is 1. The Labute approximate surface area is 112 Å². The Hall–Kier alpha value is -2.00. The first kappa shape index (κ1) is 15.1. The smallest absolute Gasteiger partial charge is 0.303 e. The minimum Gasteiger partial charge on any atom is -0.481 e. The van der Waals surface area contributed by atoms with Gasteiger partial charge in [-0.25, -0.2) is 0 Å². The van der Waals surface area contributed by atoms with Crippen molar-refractivity contribution in [2.75, 3.05) is 0 Å². The highest BCUT2D eigenvalue weighted by molar-refractivity contribution is 5.66. The second-order valence-electron chi connectivity index (χ2n) is 4.58. The van der Waals surface area contributed by atoms with Crippen LogP contribution in [0.15, 0.2) is 35.4 Å². The summed E-state index contributed by atoms with van der Waals surface area (Å²) >= 11 is 0. The summed E-state index contributed by atoms with van der Waals surface area (Å²) in [5.74, 6) is -0.820. The van der Waals surface area contributed by atoms with E-state index in [2.05, 4.69) is 10.0 Å². The molecule has 1 aromatic carbocycles. The standard InChI is InChI=1S/C14H19N3O2/c1-2-10-14(16-17-15,11-6-9-13(18)19)12-7-4-3-5-8-12/h3-5,7-8H,2,6,9-11H2,1H3,(H,18,19). The van der Waals surface area contributed by atoms with E-state index in [0.717, 1.165) is 18.4 Å². The zero-order valence-corrected chi connectivity index (χ0v) is 11.1. The van der Waals surface area contributed by atoms with Crippen LogP contribution in [0.3, 0.4) is 0 Å². The lowest BCUT2D eigenvalue weighted by Crippen LogP contribution is -2.23. The van der Waals surface area contributed by atoms with E-state index in [0.29, 0.717) is 12.8 Å². The van der Waals surface area contributed by atoms with E-state index in [9.17, 15) is 4.79 Å². The zero-order chi connectivity index (χ0) is 14.1. The molecule has 1 rings (SSSR count). The molecule has 0 radical (unpaired) electrons. The van der Waals surface area contributed by atoms with Crippen LogP contribution in [-0.4, -0.2) is 11.1 Å². The molecule has 0 saturated carbocycles. The summed E-state index contributed by atoms with van der Waals surface area (Å²) in [6, 6.07) is 9.59. The first-order valence-corrected chi connectivity index (χ1v) is 6.48. The molecule has 0 fully saturated rings. The van der Waals surface area contributed by atoms with Crippen LogP contribution in [0.4, 0.5) is 0 Å². The van der Waals surface area contributed by atoms with Gasteiger partial charge in [0.2, 0.25) is 0 Å². The average Bonchev–Trinajstić information content (AvgIpc) is 2.39. The van der Waals surface area contributed by atoms with Gasteiger partial charge in [0.15, 0.2) is 0 Å².